The van der Waals surface area contributed by atoms with Crippen LogP contribution in [0.5, 0.6) is 11.5 Å². The summed E-state index contributed by atoms with van der Waals surface area (Å²) in [6, 6.07) is 17.4. The number of ether oxygens (including phenoxy) is 2. The molecule has 4 amide bonds. The fourth-order valence-electron chi connectivity index (χ4n) is 3.76. The molecule has 0 bridgehead atoms. The van der Waals surface area contributed by atoms with E-state index in [9.17, 15) is 29.3 Å². The second-order valence-electron chi connectivity index (χ2n) is 8.69. The van der Waals surface area contributed by atoms with Gasteiger partial charge in [-0.1, -0.05) is 30.3 Å². The van der Waals surface area contributed by atoms with Gasteiger partial charge < -0.3 is 20.1 Å². The molecular weight excluding hydrogens is 552 g/mol. The van der Waals surface area contributed by atoms with E-state index in [0.29, 0.717) is 23.0 Å². The fourth-order valence-corrected chi connectivity index (χ4v) is 4.60. The van der Waals surface area contributed by atoms with E-state index < -0.39 is 41.0 Å². The SMILES string of the molecule is COc1cc(/C=C2\SC(=O)N(CC(=O)Nc3ccccc3C)C2=O)ccc1OCC(=O)Nc1cccc([N+](=O)[O-])c1. The van der Waals surface area contributed by atoms with E-state index in [-0.39, 0.29) is 27.8 Å². The molecule has 0 aliphatic carbocycles. The van der Waals surface area contributed by atoms with Crippen LogP contribution in [0.15, 0.2) is 71.6 Å². The van der Waals surface area contributed by atoms with Gasteiger partial charge in [0.2, 0.25) is 5.91 Å². The van der Waals surface area contributed by atoms with Crippen molar-refractivity contribution in [3.63, 3.8) is 0 Å². The lowest BCUT2D eigenvalue weighted by Gasteiger charge is -2.13. The predicted octanol–water partition coefficient (Wildman–Crippen LogP) is 4.60. The molecule has 3 aromatic carbocycles. The van der Waals surface area contributed by atoms with Gasteiger partial charge in [0.05, 0.1) is 16.9 Å². The molecule has 0 spiro atoms. The number of nitrogens with one attached hydrogen (secondary N) is 2. The fraction of sp³-hybridized carbons (Fsp3) is 0.143. The third-order valence-corrected chi connectivity index (χ3v) is 6.69. The Morgan fingerprint density at radius 1 is 1.00 bits per heavy atom. The molecule has 0 unspecified atom stereocenters. The molecular formula is C28H24N4O8S. The molecule has 0 saturated carbocycles. The molecule has 4 rings (SSSR count). The number of non-ortho nitro benzene ring substituents is 1. The van der Waals surface area contributed by atoms with Crippen molar-refractivity contribution in [3.05, 3.63) is 92.9 Å². The summed E-state index contributed by atoms with van der Waals surface area (Å²) >= 11 is 0.715. The van der Waals surface area contributed by atoms with E-state index in [2.05, 4.69) is 10.6 Å². The Balaban J connectivity index is 1.38. The van der Waals surface area contributed by atoms with Gasteiger partial charge in [-0.25, -0.2) is 0 Å². The van der Waals surface area contributed by atoms with E-state index in [1.54, 1.807) is 24.3 Å². The van der Waals surface area contributed by atoms with Crippen LogP contribution in [0.25, 0.3) is 6.08 Å². The second kappa shape index (κ2) is 12.8. The Kier molecular flexibility index (Phi) is 8.99. The number of methoxy groups -OCH3 is 1. The van der Waals surface area contributed by atoms with Crippen molar-refractivity contribution in [1.29, 1.82) is 0 Å². The Hall–Kier alpha value is -5.17. The molecule has 210 valence electrons. The summed E-state index contributed by atoms with van der Waals surface area (Å²) in [7, 11) is 1.40. The van der Waals surface area contributed by atoms with Crippen LogP contribution in [0.1, 0.15) is 11.1 Å². The lowest BCUT2D eigenvalue weighted by Crippen LogP contribution is -2.36. The first kappa shape index (κ1) is 28.8. The molecule has 2 N–H and O–H groups in total. The Bertz CT molecular complexity index is 1570. The molecule has 13 heteroatoms. The number of carbonyl (C=O) groups excluding carboxylic acids is 4. The first-order valence-electron chi connectivity index (χ1n) is 12.1. The van der Waals surface area contributed by atoms with Crippen molar-refractivity contribution in [2.75, 3.05) is 30.9 Å². The van der Waals surface area contributed by atoms with Crippen LogP contribution in [0, 0.1) is 17.0 Å². The van der Waals surface area contributed by atoms with Crippen LogP contribution >= 0.6 is 11.8 Å². The van der Waals surface area contributed by atoms with Gasteiger partial charge in [0.25, 0.3) is 22.7 Å². The van der Waals surface area contributed by atoms with Gasteiger partial charge in [0.15, 0.2) is 18.1 Å². The number of amides is 4. The van der Waals surface area contributed by atoms with Crippen LogP contribution in [0.3, 0.4) is 0 Å². The molecule has 0 atom stereocenters. The van der Waals surface area contributed by atoms with Crippen molar-refractivity contribution in [2.45, 2.75) is 6.92 Å². The number of para-hydroxylation sites is 1. The van der Waals surface area contributed by atoms with Gasteiger partial charge in [-0.2, -0.15) is 0 Å². The van der Waals surface area contributed by atoms with Crippen molar-refractivity contribution < 1.29 is 33.6 Å². The van der Waals surface area contributed by atoms with Gasteiger partial charge in [-0.15, -0.1) is 0 Å². The Morgan fingerprint density at radius 2 is 1.78 bits per heavy atom. The quantitative estimate of drug-likeness (QED) is 0.200. The molecule has 41 heavy (non-hydrogen) atoms. The molecule has 0 aromatic heterocycles. The number of nitrogens with zero attached hydrogens (tertiary/aromatic N) is 2. The Morgan fingerprint density at radius 3 is 2.51 bits per heavy atom. The van der Waals surface area contributed by atoms with Crippen molar-refractivity contribution >= 4 is 57.9 Å². The summed E-state index contributed by atoms with van der Waals surface area (Å²) in [5, 5.41) is 15.6. The van der Waals surface area contributed by atoms with Crippen LogP contribution in [0.4, 0.5) is 21.9 Å². The van der Waals surface area contributed by atoms with Crippen molar-refractivity contribution in [3.8, 4) is 11.5 Å². The largest absolute Gasteiger partial charge is 0.493 e. The highest BCUT2D eigenvalue weighted by atomic mass is 32.2. The Labute approximate surface area is 238 Å². The topological polar surface area (TPSA) is 157 Å². The van der Waals surface area contributed by atoms with E-state index in [4.69, 9.17) is 9.47 Å². The standard InChI is InChI=1S/C28H24N4O8S/c1-17-6-3-4-9-21(17)30-25(33)15-31-27(35)24(41-28(31)36)13-18-10-11-22(23(12-18)39-2)40-16-26(34)29-19-7-5-8-20(14-19)32(37)38/h3-14H,15-16H2,1-2H3,(H,29,34)(H,30,33)/b24-13-. The summed E-state index contributed by atoms with van der Waals surface area (Å²) < 4.78 is 10.9. The summed E-state index contributed by atoms with van der Waals surface area (Å²) in [6.45, 7) is 1.00. The monoisotopic (exact) mass is 576 g/mol. The number of hydrogen-bond donors (Lipinski definition) is 2. The number of hydrogen-bond acceptors (Lipinski definition) is 9. The van der Waals surface area contributed by atoms with Gasteiger partial charge in [0, 0.05) is 23.5 Å². The summed E-state index contributed by atoms with van der Waals surface area (Å²) in [5.74, 6) is -1.15. The van der Waals surface area contributed by atoms with E-state index in [1.807, 2.05) is 19.1 Å². The van der Waals surface area contributed by atoms with Crippen molar-refractivity contribution in [1.82, 2.24) is 4.90 Å². The number of carbonyl (C=O) groups is 4. The number of nitro groups is 1. The van der Waals surface area contributed by atoms with Crippen LogP contribution in [-0.4, -0.2) is 53.0 Å². The highest BCUT2D eigenvalue weighted by molar-refractivity contribution is 8.18. The normalized spacial score (nSPS) is 13.7. The minimum Gasteiger partial charge on any atom is -0.493 e. The van der Waals surface area contributed by atoms with Crippen LogP contribution < -0.4 is 20.1 Å². The third kappa shape index (κ3) is 7.28. The average Bonchev–Trinajstić information content (AvgIpc) is 3.20. The lowest BCUT2D eigenvalue weighted by molar-refractivity contribution is -0.384. The molecule has 0 radical (unpaired) electrons. The zero-order valence-corrected chi connectivity index (χ0v) is 22.7. The number of nitro benzene ring substituents is 1. The minimum atomic E-state index is -0.600. The summed E-state index contributed by atoms with van der Waals surface area (Å²) in [4.78, 5) is 61.5. The van der Waals surface area contributed by atoms with Gasteiger partial charge in [0.1, 0.15) is 6.54 Å². The molecule has 1 fully saturated rings. The first-order chi connectivity index (χ1) is 19.6. The number of anilines is 2. The lowest BCUT2D eigenvalue weighted by atomic mass is 10.2. The molecule has 1 aliphatic rings. The zero-order chi connectivity index (χ0) is 29.5. The van der Waals surface area contributed by atoms with Crippen LogP contribution in [0.2, 0.25) is 0 Å². The van der Waals surface area contributed by atoms with E-state index in [0.717, 1.165) is 10.5 Å². The predicted molar refractivity (Wildman–Crippen MR) is 153 cm³/mol. The van der Waals surface area contributed by atoms with Gasteiger partial charge >= 0.3 is 0 Å². The zero-order valence-electron chi connectivity index (χ0n) is 21.9. The molecule has 1 aliphatic heterocycles. The molecule has 1 saturated heterocycles. The highest BCUT2D eigenvalue weighted by Crippen LogP contribution is 2.34. The number of benzene rings is 3. The maximum atomic E-state index is 12.9. The number of rotatable bonds is 10. The minimum absolute atomic E-state index is 0.130. The van der Waals surface area contributed by atoms with Crippen LogP contribution in [-0.2, 0) is 14.4 Å². The smallest absolute Gasteiger partial charge is 0.294 e. The summed E-state index contributed by atoms with van der Waals surface area (Å²) in [6.07, 6.45) is 1.49. The first-order valence-corrected chi connectivity index (χ1v) is 12.9. The number of thioether (sulfide) groups is 1. The second-order valence-corrected chi connectivity index (χ2v) is 9.68. The van der Waals surface area contributed by atoms with Crippen molar-refractivity contribution in [2.24, 2.45) is 0 Å². The third-order valence-electron chi connectivity index (χ3n) is 5.78. The summed E-state index contributed by atoms with van der Waals surface area (Å²) in [5.41, 5.74) is 2.04. The number of aryl methyl sites for hydroxylation is 1. The number of imide groups is 1. The average molecular weight is 577 g/mol. The van der Waals surface area contributed by atoms with E-state index >= 15 is 0 Å². The molecule has 12 nitrogen and oxygen atoms in total. The van der Waals surface area contributed by atoms with Gasteiger partial charge in [-0.05, 0) is 60.2 Å². The van der Waals surface area contributed by atoms with Gasteiger partial charge in [-0.3, -0.25) is 34.2 Å². The maximum Gasteiger partial charge on any atom is 0.294 e. The molecule has 3 aromatic rings. The van der Waals surface area contributed by atoms with E-state index in [1.165, 1.54) is 43.5 Å². The maximum absolute atomic E-state index is 12.9. The highest BCUT2D eigenvalue weighted by Gasteiger charge is 2.36. The molecule has 1 heterocycles.